The van der Waals surface area contributed by atoms with Crippen molar-refractivity contribution in [2.75, 3.05) is 20.8 Å². The third-order valence-corrected chi connectivity index (χ3v) is 9.72. The molecular formula is C38H55N3O10. The van der Waals surface area contributed by atoms with Crippen LogP contribution >= 0.6 is 0 Å². The Bertz CT molecular complexity index is 1470. The fourth-order valence-electron chi connectivity index (χ4n) is 6.21. The van der Waals surface area contributed by atoms with Crippen molar-refractivity contribution < 1.29 is 48.0 Å². The van der Waals surface area contributed by atoms with E-state index in [4.69, 9.17) is 18.9 Å². The lowest BCUT2D eigenvalue weighted by molar-refractivity contribution is -0.162. The van der Waals surface area contributed by atoms with Crippen LogP contribution in [0.5, 0.6) is 0 Å². The van der Waals surface area contributed by atoms with Crippen LogP contribution in [0, 0.1) is 11.8 Å². The summed E-state index contributed by atoms with van der Waals surface area (Å²) in [5.74, 6) is -4.37. The minimum Gasteiger partial charge on any atom is -0.463 e. The van der Waals surface area contributed by atoms with Crippen LogP contribution in [0.2, 0.25) is 0 Å². The number of carbonyl (C=O) groups is 5. The molecule has 2 heterocycles. The summed E-state index contributed by atoms with van der Waals surface area (Å²) in [4.78, 5) is 68.8. The zero-order valence-corrected chi connectivity index (χ0v) is 31.4. The molecule has 3 N–H and O–H groups in total. The van der Waals surface area contributed by atoms with Crippen LogP contribution in [0.15, 0.2) is 54.1 Å². The highest BCUT2D eigenvalue weighted by atomic mass is 16.6. The van der Waals surface area contributed by atoms with Gasteiger partial charge in [-0.05, 0) is 44.7 Å². The molecular weight excluding hydrogens is 658 g/mol. The summed E-state index contributed by atoms with van der Waals surface area (Å²) in [6, 6.07) is 4.95. The summed E-state index contributed by atoms with van der Waals surface area (Å²) in [6.45, 7) is 12.4. The fourth-order valence-corrected chi connectivity index (χ4v) is 6.21. The van der Waals surface area contributed by atoms with Crippen LogP contribution in [0.25, 0.3) is 0 Å². The van der Waals surface area contributed by atoms with Crippen LogP contribution in [0.4, 0.5) is 0 Å². The number of methoxy groups -OCH3 is 1. The van der Waals surface area contributed by atoms with Gasteiger partial charge >= 0.3 is 11.9 Å². The first-order valence-electron chi connectivity index (χ1n) is 17.4. The van der Waals surface area contributed by atoms with Gasteiger partial charge in [0.25, 0.3) is 5.91 Å². The van der Waals surface area contributed by atoms with Crippen LogP contribution in [0.3, 0.4) is 0 Å². The van der Waals surface area contributed by atoms with Crippen molar-refractivity contribution in [3.8, 4) is 0 Å². The predicted molar refractivity (Wildman–Crippen MR) is 189 cm³/mol. The molecule has 13 nitrogen and oxygen atoms in total. The lowest BCUT2D eigenvalue weighted by atomic mass is 9.93. The number of epoxide rings is 1. The highest BCUT2D eigenvalue weighted by Gasteiger charge is 2.61. The number of carbonyl (C=O) groups excluding carboxylic acids is 5. The minimum absolute atomic E-state index is 0.363. The van der Waals surface area contributed by atoms with Gasteiger partial charge in [0.2, 0.25) is 11.8 Å². The van der Waals surface area contributed by atoms with E-state index in [1.54, 1.807) is 21.0 Å². The van der Waals surface area contributed by atoms with Gasteiger partial charge in [-0.2, -0.15) is 0 Å². The SMILES string of the molecule is CC[C@H](C)[C@H]1C(=O)N[C@H](COC(C)=O)C(=O)N[C@@H](C(C)(C)O)C(=O)O[C@H](c2ccccc2)[C@H](C)/C=C/C=C(\C)[C@H](OC)C[C@@H]2O[C@@]2(C)C(=O)N1C. The molecule has 2 aliphatic rings. The molecule has 51 heavy (non-hydrogen) atoms. The molecule has 1 fully saturated rings. The molecule has 282 valence electrons. The maximum atomic E-state index is 14.0. The number of nitrogens with zero attached hydrogens (tertiary/aromatic N) is 1. The van der Waals surface area contributed by atoms with Gasteiger partial charge in [-0.3, -0.25) is 19.2 Å². The number of aliphatic hydroxyl groups is 1. The van der Waals surface area contributed by atoms with Crippen LogP contribution in [0.1, 0.15) is 79.9 Å². The van der Waals surface area contributed by atoms with E-state index in [0.29, 0.717) is 18.4 Å². The summed E-state index contributed by atoms with van der Waals surface area (Å²) < 4.78 is 22.9. The Morgan fingerprint density at radius 2 is 1.78 bits per heavy atom. The van der Waals surface area contributed by atoms with Gasteiger partial charge < -0.3 is 39.6 Å². The molecule has 3 rings (SSSR count). The third kappa shape index (κ3) is 10.5. The molecule has 9 atom stereocenters. The number of amides is 3. The van der Waals surface area contributed by atoms with Crippen molar-refractivity contribution in [2.24, 2.45) is 11.8 Å². The van der Waals surface area contributed by atoms with Crippen LogP contribution < -0.4 is 10.6 Å². The molecule has 1 aromatic carbocycles. The number of hydrogen-bond acceptors (Lipinski definition) is 10. The number of benzene rings is 1. The molecule has 0 bridgehead atoms. The molecule has 2 aliphatic heterocycles. The van der Waals surface area contributed by atoms with E-state index in [9.17, 15) is 29.1 Å². The number of rotatable bonds is 7. The number of allylic oxidation sites excluding steroid dienone is 2. The fraction of sp³-hybridized carbons (Fsp3) is 0.605. The topological polar surface area (TPSA) is 173 Å². The van der Waals surface area contributed by atoms with Crippen molar-refractivity contribution in [2.45, 2.75) is 116 Å². The molecule has 0 spiro atoms. The second-order valence-corrected chi connectivity index (χ2v) is 14.3. The lowest BCUT2D eigenvalue weighted by Crippen LogP contribution is -2.62. The van der Waals surface area contributed by atoms with Crippen LogP contribution in [-0.4, -0.2) is 102 Å². The number of ether oxygens (including phenoxy) is 4. The Balaban J connectivity index is 2.12. The molecule has 0 unspecified atom stereocenters. The van der Waals surface area contributed by atoms with E-state index in [2.05, 4.69) is 10.6 Å². The van der Waals surface area contributed by atoms with Gasteiger partial charge in [0, 0.05) is 33.4 Å². The zero-order valence-electron chi connectivity index (χ0n) is 31.4. The highest BCUT2D eigenvalue weighted by molar-refractivity contribution is 5.96. The van der Waals surface area contributed by atoms with Crippen molar-refractivity contribution >= 4 is 29.7 Å². The van der Waals surface area contributed by atoms with Crippen LogP contribution in [-0.2, 0) is 42.9 Å². The molecule has 1 saturated heterocycles. The van der Waals surface area contributed by atoms with E-state index < -0.39 is 77.8 Å². The number of cyclic esters (lactones) is 1. The summed E-state index contributed by atoms with van der Waals surface area (Å²) in [7, 11) is 3.09. The zero-order chi connectivity index (χ0) is 38.3. The standard InChI is InChI=1S/C38H55N3O10/c1-11-22(2)30-34(44)39-27(21-49-25(5)42)33(43)40-32(37(6,7)47)35(45)50-31(26-18-13-12-14-19-26)24(4)17-15-16-23(3)28(48-10)20-29-38(8,51-29)36(46)41(30)9/h12-19,22,24,27-32,47H,11,20-21H2,1-10H3,(H,39,44)(H,40,43)/b17-15+,23-16+/t22-,24+,27+,28+,29-,30-,31-,32+,38+/m0/s1. The average molecular weight is 714 g/mol. The molecule has 13 heteroatoms. The maximum Gasteiger partial charge on any atom is 0.332 e. The number of hydrogen-bond donors (Lipinski definition) is 3. The second-order valence-electron chi connectivity index (χ2n) is 14.3. The van der Waals surface area contributed by atoms with Crippen molar-refractivity contribution in [3.05, 3.63) is 59.7 Å². The normalized spacial score (nSPS) is 32.5. The molecule has 0 radical (unpaired) electrons. The largest absolute Gasteiger partial charge is 0.463 e. The second kappa shape index (κ2) is 17.4. The summed E-state index contributed by atoms with van der Waals surface area (Å²) in [5, 5.41) is 16.3. The number of fused-ring (bicyclic) bond motifs is 1. The van der Waals surface area contributed by atoms with E-state index in [-0.39, 0.29) is 17.9 Å². The van der Waals surface area contributed by atoms with Gasteiger partial charge in [0.15, 0.2) is 11.6 Å². The number of nitrogens with one attached hydrogen (secondary N) is 2. The first kappa shape index (κ1) is 41.4. The molecule has 0 aromatic heterocycles. The summed E-state index contributed by atoms with van der Waals surface area (Å²) >= 11 is 0. The Labute approximate surface area is 301 Å². The minimum atomic E-state index is -1.82. The van der Waals surface area contributed by atoms with Gasteiger partial charge in [0.05, 0.1) is 17.8 Å². The van der Waals surface area contributed by atoms with Crippen molar-refractivity contribution in [1.82, 2.24) is 15.5 Å². The van der Waals surface area contributed by atoms with Gasteiger partial charge in [-0.15, -0.1) is 0 Å². The number of likely N-dealkylation sites (N-methyl/N-ethyl adjacent to an activating group) is 1. The van der Waals surface area contributed by atoms with Gasteiger partial charge in [-0.25, -0.2) is 4.79 Å². The average Bonchev–Trinajstić information content (AvgIpc) is 3.74. The first-order valence-corrected chi connectivity index (χ1v) is 17.4. The van der Waals surface area contributed by atoms with Gasteiger partial charge in [0.1, 0.15) is 24.8 Å². The lowest BCUT2D eigenvalue weighted by Gasteiger charge is -2.34. The quantitative estimate of drug-likeness (QED) is 0.282. The Kier molecular flexibility index (Phi) is 14.1. The predicted octanol–water partition coefficient (Wildman–Crippen LogP) is 3.16. The first-order chi connectivity index (χ1) is 23.8. The van der Waals surface area contributed by atoms with Gasteiger partial charge in [-0.1, -0.05) is 75.8 Å². The molecule has 0 saturated carbocycles. The summed E-state index contributed by atoms with van der Waals surface area (Å²) in [5.41, 5.74) is -1.47. The Hall–Kier alpha value is -4.07. The smallest absolute Gasteiger partial charge is 0.332 e. The Morgan fingerprint density at radius 3 is 2.35 bits per heavy atom. The highest BCUT2D eigenvalue weighted by Crippen LogP contribution is 2.42. The van der Waals surface area contributed by atoms with E-state index in [1.807, 2.05) is 69.3 Å². The van der Waals surface area contributed by atoms with E-state index in [1.165, 1.54) is 25.8 Å². The monoisotopic (exact) mass is 713 g/mol. The molecule has 0 aliphatic carbocycles. The maximum absolute atomic E-state index is 14.0. The Morgan fingerprint density at radius 1 is 1.14 bits per heavy atom. The van der Waals surface area contributed by atoms with Crippen molar-refractivity contribution in [1.29, 1.82) is 0 Å². The van der Waals surface area contributed by atoms with E-state index >= 15 is 0 Å². The molecule has 1 aromatic rings. The van der Waals surface area contributed by atoms with E-state index in [0.717, 1.165) is 12.5 Å². The summed E-state index contributed by atoms with van der Waals surface area (Å²) in [6.07, 6.45) is 4.81. The van der Waals surface area contributed by atoms with Crippen molar-refractivity contribution in [3.63, 3.8) is 0 Å². The third-order valence-electron chi connectivity index (χ3n) is 9.72. The number of esters is 2. The molecule has 3 amide bonds.